The second kappa shape index (κ2) is 8.45. The van der Waals surface area contributed by atoms with Crippen molar-refractivity contribution in [3.8, 4) is 5.75 Å². The van der Waals surface area contributed by atoms with Crippen LogP contribution in [-0.4, -0.2) is 23.7 Å². The van der Waals surface area contributed by atoms with Crippen molar-refractivity contribution < 1.29 is 19.0 Å². The zero-order chi connectivity index (χ0) is 17.5. The number of amides is 1. The first-order valence-electron chi connectivity index (χ1n) is 7.90. The third-order valence-corrected chi connectivity index (χ3v) is 3.39. The standard InChI is InChI=1S/C19H22FNO3/c1-13(2)24-17-5-3-4-15(11-17)18(22)12-21-19(23)10-14-6-8-16(20)9-7-14/h3-9,11,13,18,22H,10,12H2,1-2H3,(H,21,23). The minimum Gasteiger partial charge on any atom is -0.491 e. The number of aliphatic hydroxyl groups excluding tert-OH is 1. The van der Waals surface area contributed by atoms with Gasteiger partial charge in [-0.05, 0) is 49.2 Å². The first-order chi connectivity index (χ1) is 11.4. The van der Waals surface area contributed by atoms with Crippen LogP contribution >= 0.6 is 0 Å². The zero-order valence-electron chi connectivity index (χ0n) is 13.8. The molecule has 128 valence electrons. The molecule has 2 aromatic rings. The van der Waals surface area contributed by atoms with E-state index >= 15 is 0 Å². The fourth-order valence-corrected chi connectivity index (χ4v) is 2.25. The van der Waals surface area contributed by atoms with Gasteiger partial charge in [0.15, 0.2) is 0 Å². The molecule has 1 unspecified atom stereocenters. The largest absolute Gasteiger partial charge is 0.491 e. The van der Waals surface area contributed by atoms with Crippen molar-refractivity contribution in [3.63, 3.8) is 0 Å². The molecule has 1 amide bonds. The molecule has 5 heteroatoms. The highest BCUT2D eigenvalue weighted by Crippen LogP contribution is 2.20. The molecule has 0 radical (unpaired) electrons. The number of hydrogen-bond acceptors (Lipinski definition) is 3. The van der Waals surface area contributed by atoms with Crippen LogP contribution < -0.4 is 10.1 Å². The molecule has 0 aliphatic carbocycles. The maximum Gasteiger partial charge on any atom is 0.224 e. The van der Waals surface area contributed by atoms with Crippen LogP contribution in [-0.2, 0) is 11.2 Å². The van der Waals surface area contributed by atoms with Crippen molar-refractivity contribution in [1.82, 2.24) is 5.32 Å². The minimum atomic E-state index is -0.821. The van der Waals surface area contributed by atoms with Crippen LogP contribution in [0, 0.1) is 5.82 Å². The van der Waals surface area contributed by atoms with Crippen LogP contribution in [0.3, 0.4) is 0 Å². The van der Waals surface area contributed by atoms with Gasteiger partial charge in [-0.3, -0.25) is 4.79 Å². The average Bonchev–Trinajstić information content (AvgIpc) is 2.54. The Bertz CT molecular complexity index is 671. The molecular weight excluding hydrogens is 309 g/mol. The maximum atomic E-state index is 12.8. The Labute approximate surface area is 141 Å². The molecule has 0 spiro atoms. The van der Waals surface area contributed by atoms with Crippen molar-refractivity contribution in [3.05, 3.63) is 65.5 Å². The van der Waals surface area contributed by atoms with Gasteiger partial charge in [-0.15, -0.1) is 0 Å². The van der Waals surface area contributed by atoms with Gasteiger partial charge in [0.1, 0.15) is 11.6 Å². The summed E-state index contributed by atoms with van der Waals surface area (Å²) >= 11 is 0. The summed E-state index contributed by atoms with van der Waals surface area (Å²) in [5.41, 5.74) is 1.39. The smallest absolute Gasteiger partial charge is 0.224 e. The van der Waals surface area contributed by atoms with Gasteiger partial charge in [0.25, 0.3) is 0 Å². The second-order valence-corrected chi connectivity index (χ2v) is 5.86. The molecule has 1 atom stereocenters. The molecule has 0 bridgehead atoms. The van der Waals surface area contributed by atoms with Crippen molar-refractivity contribution in [1.29, 1.82) is 0 Å². The molecule has 0 aliphatic heterocycles. The predicted molar refractivity (Wildman–Crippen MR) is 90.3 cm³/mol. The van der Waals surface area contributed by atoms with Gasteiger partial charge in [0, 0.05) is 6.54 Å². The molecule has 0 aromatic heterocycles. The molecule has 0 saturated heterocycles. The van der Waals surface area contributed by atoms with E-state index in [2.05, 4.69) is 5.32 Å². The highest BCUT2D eigenvalue weighted by molar-refractivity contribution is 5.78. The Balaban J connectivity index is 1.86. The lowest BCUT2D eigenvalue weighted by molar-refractivity contribution is -0.120. The normalized spacial score (nSPS) is 12.0. The number of nitrogens with one attached hydrogen (secondary N) is 1. The monoisotopic (exact) mass is 331 g/mol. The first kappa shape index (κ1) is 17.9. The molecule has 24 heavy (non-hydrogen) atoms. The fraction of sp³-hybridized carbons (Fsp3) is 0.316. The number of halogens is 1. The molecule has 4 nitrogen and oxygen atoms in total. The van der Waals surface area contributed by atoms with Crippen LogP contribution in [0.25, 0.3) is 0 Å². The molecule has 0 heterocycles. The molecule has 0 fully saturated rings. The third-order valence-electron chi connectivity index (χ3n) is 3.39. The van der Waals surface area contributed by atoms with Gasteiger partial charge in [-0.2, -0.15) is 0 Å². The molecule has 2 aromatic carbocycles. The van der Waals surface area contributed by atoms with Crippen LogP contribution in [0.15, 0.2) is 48.5 Å². The van der Waals surface area contributed by atoms with Crippen LogP contribution in [0.5, 0.6) is 5.75 Å². The molecule has 2 N–H and O–H groups in total. The predicted octanol–water partition coefficient (Wildman–Crippen LogP) is 3.01. The van der Waals surface area contributed by atoms with Gasteiger partial charge >= 0.3 is 0 Å². The summed E-state index contributed by atoms with van der Waals surface area (Å²) in [7, 11) is 0. The van der Waals surface area contributed by atoms with Gasteiger partial charge in [0.2, 0.25) is 5.91 Å². The van der Waals surface area contributed by atoms with Crippen LogP contribution in [0.1, 0.15) is 31.1 Å². The minimum absolute atomic E-state index is 0.0489. The van der Waals surface area contributed by atoms with E-state index in [4.69, 9.17) is 4.74 Å². The number of ether oxygens (including phenoxy) is 1. The van der Waals surface area contributed by atoms with E-state index in [9.17, 15) is 14.3 Å². The highest BCUT2D eigenvalue weighted by atomic mass is 19.1. The van der Waals surface area contributed by atoms with Gasteiger partial charge < -0.3 is 15.2 Å². The van der Waals surface area contributed by atoms with E-state index in [-0.39, 0.29) is 30.8 Å². The lowest BCUT2D eigenvalue weighted by Gasteiger charge is -2.15. The third kappa shape index (κ3) is 5.66. The molecule has 0 saturated carbocycles. The summed E-state index contributed by atoms with van der Waals surface area (Å²) in [4.78, 5) is 11.9. The van der Waals surface area contributed by atoms with E-state index in [0.29, 0.717) is 11.3 Å². The number of carbonyl (C=O) groups is 1. The maximum absolute atomic E-state index is 12.8. The van der Waals surface area contributed by atoms with E-state index in [1.54, 1.807) is 30.3 Å². The Morgan fingerprint density at radius 2 is 1.92 bits per heavy atom. The zero-order valence-corrected chi connectivity index (χ0v) is 13.8. The summed E-state index contributed by atoms with van der Waals surface area (Å²) in [6.45, 7) is 3.96. The molecular formula is C19H22FNO3. The lowest BCUT2D eigenvalue weighted by atomic mass is 10.1. The van der Waals surface area contributed by atoms with Crippen molar-refractivity contribution in [2.75, 3.05) is 6.54 Å². The van der Waals surface area contributed by atoms with E-state index in [1.165, 1.54) is 12.1 Å². The highest BCUT2D eigenvalue weighted by Gasteiger charge is 2.11. The number of benzene rings is 2. The topological polar surface area (TPSA) is 58.6 Å². The fourth-order valence-electron chi connectivity index (χ4n) is 2.25. The van der Waals surface area contributed by atoms with E-state index in [1.807, 2.05) is 19.9 Å². The quantitative estimate of drug-likeness (QED) is 0.820. The number of aliphatic hydroxyl groups is 1. The Kier molecular flexibility index (Phi) is 6.32. The summed E-state index contributed by atoms with van der Waals surface area (Å²) in [5.74, 6) is 0.118. The van der Waals surface area contributed by atoms with E-state index < -0.39 is 6.10 Å². The van der Waals surface area contributed by atoms with Gasteiger partial charge in [0.05, 0.1) is 18.6 Å². The average molecular weight is 331 g/mol. The Morgan fingerprint density at radius 1 is 1.21 bits per heavy atom. The number of hydrogen-bond donors (Lipinski definition) is 2. The lowest BCUT2D eigenvalue weighted by Crippen LogP contribution is -2.29. The summed E-state index contributed by atoms with van der Waals surface area (Å²) < 4.78 is 18.4. The molecule has 0 aliphatic rings. The SMILES string of the molecule is CC(C)Oc1cccc(C(O)CNC(=O)Cc2ccc(F)cc2)c1. The van der Waals surface area contributed by atoms with Crippen LogP contribution in [0.4, 0.5) is 4.39 Å². The molecule has 2 rings (SSSR count). The second-order valence-electron chi connectivity index (χ2n) is 5.86. The number of carbonyl (C=O) groups excluding carboxylic acids is 1. The first-order valence-corrected chi connectivity index (χ1v) is 7.90. The summed E-state index contributed by atoms with van der Waals surface area (Å²) in [6, 6.07) is 12.9. The van der Waals surface area contributed by atoms with Crippen molar-refractivity contribution >= 4 is 5.91 Å². The Morgan fingerprint density at radius 3 is 2.58 bits per heavy atom. The van der Waals surface area contributed by atoms with Gasteiger partial charge in [-0.1, -0.05) is 24.3 Å². The summed E-state index contributed by atoms with van der Waals surface area (Å²) in [5, 5.41) is 12.9. The van der Waals surface area contributed by atoms with Gasteiger partial charge in [-0.25, -0.2) is 4.39 Å². The number of rotatable bonds is 7. The Hall–Kier alpha value is -2.40. The van der Waals surface area contributed by atoms with Crippen molar-refractivity contribution in [2.24, 2.45) is 0 Å². The summed E-state index contributed by atoms with van der Waals surface area (Å²) in [6.07, 6.45) is -0.630. The van der Waals surface area contributed by atoms with Crippen molar-refractivity contribution in [2.45, 2.75) is 32.5 Å². The van der Waals surface area contributed by atoms with Crippen LogP contribution in [0.2, 0.25) is 0 Å². The van der Waals surface area contributed by atoms with E-state index in [0.717, 1.165) is 5.56 Å².